The van der Waals surface area contributed by atoms with Gasteiger partial charge < -0.3 is 15.4 Å². The third-order valence-electron chi connectivity index (χ3n) is 3.75. The standard InChI is InChI=1S/C18H18N2O3/c1-2-12-5-3-4-6-14(12)20-18(22)13-7-8-16-15(11-13)19-17(21)9-10-23-16/h3-8,11H,2,9-10H2,1H3,(H,19,21)(H,20,22). The van der Waals surface area contributed by atoms with E-state index >= 15 is 0 Å². The molecule has 0 spiro atoms. The zero-order chi connectivity index (χ0) is 16.2. The Balaban J connectivity index is 1.84. The first-order valence-corrected chi connectivity index (χ1v) is 7.63. The molecule has 0 saturated heterocycles. The van der Waals surface area contributed by atoms with E-state index < -0.39 is 0 Å². The summed E-state index contributed by atoms with van der Waals surface area (Å²) >= 11 is 0. The quantitative estimate of drug-likeness (QED) is 0.914. The number of nitrogens with one attached hydrogen (secondary N) is 2. The Morgan fingerprint density at radius 1 is 1.26 bits per heavy atom. The van der Waals surface area contributed by atoms with E-state index in [1.54, 1.807) is 18.2 Å². The Labute approximate surface area is 134 Å². The molecule has 0 aromatic heterocycles. The predicted octanol–water partition coefficient (Wildman–Crippen LogP) is 3.22. The van der Waals surface area contributed by atoms with Crippen molar-refractivity contribution in [1.29, 1.82) is 0 Å². The molecule has 2 amide bonds. The number of fused-ring (bicyclic) bond motifs is 1. The lowest BCUT2D eigenvalue weighted by Gasteiger charge is -2.12. The van der Waals surface area contributed by atoms with Crippen LogP contribution in [0.5, 0.6) is 5.75 Å². The molecule has 5 nitrogen and oxygen atoms in total. The summed E-state index contributed by atoms with van der Waals surface area (Å²) < 4.78 is 5.49. The number of anilines is 2. The molecule has 0 bridgehead atoms. The van der Waals surface area contributed by atoms with Gasteiger partial charge in [-0.3, -0.25) is 9.59 Å². The summed E-state index contributed by atoms with van der Waals surface area (Å²) in [6.45, 7) is 2.38. The fraction of sp³-hybridized carbons (Fsp3) is 0.222. The largest absolute Gasteiger partial charge is 0.491 e. The molecule has 0 unspecified atom stereocenters. The zero-order valence-electron chi connectivity index (χ0n) is 12.9. The molecule has 0 saturated carbocycles. The van der Waals surface area contributed by atoms with Crippen molar-refractivity contribution < 1.29 is 14.3 Å². The molecule has 3 rings (SSSR count). The minimum atomic E-state index is -0.216. The molecule has 1 aliphatic rings. The van der Waals surface area contributed by atoms with E-state index in [4.69, 9.17) is 4.74 Å². The van der Waals surface area contributed by atoms with Crippen molar-refractivity contribution in [3.63, 3.8) is 0 Å². The van der Waals surface area contributed by atoms with Gasteiger partial charge in [0.15, 0.2) is 0 Å². The number of carbonyl (C=O) groups is 2. The van der Waals surface area contributed by atoms with Gasteiger partial charge in [-0.25, -0.2) is 0 Å². The summed E-state index contributed by atoms with van der Waals surface area (Å²) in [5.41, 5.74) is 2.88. The van der Waals surface area contributed by atoms with Crippen molar-refractivity contribution in [3.8, 4) is 5.75 Å². The molecule has 1 aliphatic heterocycles. The van der Waals surface area contributed by atoms with Crippen LogP contribution in [0.4, 0.5) is 11.4 Å². The molecule has 0 radical (unpaired) electrons. The number of hydrogen-bond donors (Lipinski definition) is 2. The van der Waals surface area contributed by atoms with Crippen molar-refractivity contribution in [2.45, 2.75) is 19.8 Å². The van der Waals surface area contributed by atoms with Crippen LogP contribution < -0.4 is 15.4 Å². The molecule has 2 aromatic rings. The number of ether oxygens (including phenoxy) is 1. The normalized spacial score (nSPS) is 13.3. The van der Waals surface area contributed by atoms with Gasteiger partial charge in [-0.1, -0.05) is 25.1 Å². The molecule has 0 atom stereocenters. The predicted molar refractivity (Wildman–Crippen MR) is 89.0 cm³/mol. The summed E-state index contributed by atoms with van der Waals surface area (Å²) in [5, 5.41) is 5.68. The van der Waals surface area contributed by atoms with Gasteiger partial charge in [0.05, 0.1) is 18.7 Å². The number of benzene rings is 2. The highest BCUT2D eigenvalue weighted by atomic mass is 16.5. The van der Waals surface area contributed by atoms with Crippen LogP contribution >= 0.6 is 0 Å². The van der Waals surface area contributed by atoms with E-state index in [1.165, 1.54) is 0 Å². The number of rotatable bonds is 3. The second-order valence-corrected chi connectivity index (χ2v) is 5.32. The lowest BCUT2D eigenvalue weighted by atomic mass is 10.1. The lowest BCUT2D eigenvalue weighted by Crippen LogP contribution is -2.14. The smallest absolute Gasteiger partial charge is 0.255 e. The maximum Gasteiger partial charge on any atom is 0.255 e. The number of amides is 2. The molecule has 2 aromatic carbocycles. The third kappa shape index (κ3) is 3.34. The summed E-state index contributed by atoms with van der Waals surface area (Å²) in [6.07, 6.45) is 1.14. The van der Waals surface area contributed by atoms with E-state index in [0.29, 0.717) is 30.0 Å². The minimum absolute atomic E-state index is 0.113. The maximum absolute atomic E-state index is 12.5. The topological polar surface area (TPSA) is 67.4 Å². The highest BCUT2D eigenvalue weighted by Gasteiger charge is 2.16. The number of para-hydroxylation sites is 1. The number of carbonyl (C=O) groups excluding carboxylic acids is 2. The Morgan fingerprint density at radius 3 is 2.91 bits per heavy atom. The van der Waals surface area contributed by atoms with Crippen LogP contribution in [0.3, 0.4) is 0 Å². The van der Waals surface area contributed by atoms with Crippen molar-refractivity contribution in [3.05, 3.63) is 53.6 Å². The van der Waals surface area contributed by atoms with Crippen LogP contribution in [0.1, 0.15) is 29.3 Å². The lowest BCUT2D eigenvalue weighted by molar-refractivity contribution is -0.116. The van der Waals surface area contributed by atoms with Gasteiger partial charge in [0.2, 0.25) is 5.91 Å². The van der Waals surface area contributed by atoms with Gasteiger partial charge in [0, 0.05) is 11.3 Å². The van der Waals surface area contributed by atoms with Gasteiger partial charge in [-0.15, -0.1) is 0 Å². The van der Waals surface area contributed by atoms with Crippen molar-refractivity contribution in [2.24, 2.45) is 0 Å². The summed E-state index contributed by atoms with van der Waals surface area (Å²) in [7, 11) is 0. The van der Waals surface area contributed by atoms with E-state index in [1.807, 2.05) is 31.2 Å². The second-order valence-electron chi connectivity index (χ2n) is 5.32. The van der Waals surface area contributed by atoms with Gasteiger partial charge in [0.25, 0.3) is 5.91 Å². The molecule has 0 aliphatic carbocycles. The van der Waals surface area contributed by atoms with Crippen molar-refractivity contribution in [1.82, 2.24) is 0 Å². The van der Waals surface area contributed by atoms with E-state index in [-0.39, 0.29) is 11.8 Å². The van der Waals surface area contributed by atoms with Gasteiger partial charge >= 0.3 is 0 Å². The van der Waals surface area contributed by atoms with Crippen LogP contribution in [0.25, 0.3) is 0 Å². The molecule has 0 fully saturated rings. The monoisotopic (exact) mass is 310 g/mol. The van der Waals surface area contributed by atoms with E-state index in [9.17, 15) is 9.59 Å². The van der Waals surface area contributed by atoms with Crippen LogP contribution in [0, 0.1) is 0 Å². The fourth-order valence-electron chi connectivity index (χ4n) is 2.51. The molecular formula is C18H18N2O3. The zero-order valence-corrected chi connectivity index (χ0v) is 12.9. The second kappa shape index (κ2) is 6.52. The van der Waals surface area contributed by atoms with Crippen LogP contribution in [0.15, 0.2) is 42.5 Å². The van der Waals surface area contributed by atoms with E-state index in [2.05, 4.69) is 10.6 Å². The summed E-state index contributed by atoms with van der Waals surface area (Å²) in [6, 6.07) is 12.7. The highest BCUT2D eigenvalue weighted by molar-refractivity contribution is 6.06. The van der Waals surface area contributed by atoms with Crippen molar-refractivity contribution >= 4 is 23.2 Å². The molecule has 23 heavy (non-hydrogen) atoms. The highest BCUT2D eigenvalue weighted by Crippen LogP contribution is 2.28. The molecule has 1 heterocycles. The first kappa shape index (κ1) is 15.1. The van der Waals surface area contributed by atoms with Gasteiger partial charge in [0.1, 0.15) is 5.75 Å². The van der Waals surface area contributed by atoms with Crippen LogP contribution in [-0.2, 0) is 11.2 Å². The average Bonchev–Trinajstić information content (AvgIpc) is 2.75. The Morgan fingerprint density at radius 2 is 2.09 bits per heavy atom. The van der Waals surface area contributed by atoms with Crippen LogP contribution in [0.2, 0.25) is 0 Å². The molecular weight excluding hydrogens is 292 g/mol. The van der Waals surface area contributed by atoms with Crippen molar-refractivity contribution in [2.75, 3.05) is 17.2 Å². The first-order valence-electron chi connectivity index (χ1n) is 7.63. The minimum Gasteiger partial charge on any atom is -0.491 e. The third-order valence-corrected chi connectivity index (χ3v) is 3.75. The maximum atomic E-state index is 12.5. The Bertz CT molecular complexity index is 756. The first-order chi connectivity index (χ1) is 11.2. The van der Waals surface area contributed by atoms with E-state index in [0.717, 1.165) is 17.7 Å². The van der Waals surface area contributed by atoms with Crippen LogP contribution in [-0.4, -0.2) is 18.4 Å². The molecule has 5 heteroatoms. The molecule has 2 N–H and O–H groups in total. The summed E-state index contributed by atoms with van der Waals surface area (Å²) in [5.74, 6) is 0.256. The fourth-order valence-corrected chi connectivity index (χ4v) is 2.51. The number of aryl methyl sites for hydroxylation is 1. The number of hydrogen-bond acceptors (Lipinski definition) is 3. The van der Waals surface area contributed by atoms with Gasteiger partial charge in [-0.2, -0.15) is 0 Å². The summed E-state index contributed by atoms with van der Waals surface area (Å²) in [4.78, 5) is 24.1. The van der Waals surface area contributed by atoms with Gasteiger partial charge in [-0.05, 0) is 36.2 Å². The molecule has 118 valence electrons. The SMILES string of the molecule is CCc1ccccc1NC(=O)c1ccc2c(c1)NC(=O)CCO2. The average molecular weight is 310 g/mol. The Kier molecular flexibility index (Phi) is 4.28. The Hall–Kier alpha value is -2.82.